The van der Waals surface area contributed by atoms with Gasteiger partial charge in [0.25, 0.3) is 0 Å². The summed E-state index contributed by atoms with van der Waals surface area (Å²) in [6.45, 7) is 7.33. The van der Waals surface area contributed by atoms with E-state index in [0.29, 0.717) is 25.0 Å². The molecule has 4 aliphatic rings. The number of oxime groups is 1. The number of hydrazine groups is 1. The minimum Gasteiger partial charge on any atom is -0.464 e. The minimum absolute atomic E-state index is 0.0270. The molecule has 1 saturated heterocycles. The molecule has 0 unspecified atom stereocenters. The number of hydrogen-bond donors (Lipinski definition) is 2. The maximum atomic E-state index is 14.2. The van der Waals surface area contributed by atoms with Gasteiger partial charge in [0.15, 0.2) is 0 Å². The van der Waals surface area contributed by atoms with Crippen molar-refractivity contribution in [3.63, 3.8) is 0 Å². The lowest BCUT2D eigenvalue weighted by molar-refractivity contribution is -0.149. The molecular weight excluding hydrogens is 614 g/mol. The number of hydrogen-bond acceptors (Lipinski definition) is 8. The number of amides is 4. The third kappa shape index (κ3) is 6.74. The molecule has 2 aliphatic carbocycles. The number of benzene rings is 2. The fourth-order valence-electron chi connectivity index (χ4n) is 6.62. The minimum atomic E-state index is -1.20. The molecule has 0 aromatic heterocycles. The van der Waals surface area contributed by atoms with Gasteiger partial charge in [-0.25, -0.2) is 24.8 Å². The molecule has 2 N–H and O–H groups in total. The van der Waals surface area contributed by atoms with E-state index < -0.39 is 47.3 Å². The highest BCUT2D eigenvalue weighted by atomic mass is 16.6. The number of carbonyl (C=O) groups excluding carboxylic acids is 4. The first kappa shape index (κ1) is 33.0. The molecule has 12 heteroatoms. The van der Waals surface area contributed by atoms with Gasteiger partial charge in [-0.15, -0.1) is 0 Å². The Balaban J connectivity index is 1.29. The SMILES string of the molecule is CCOC(=O)[C@@]12C[C@H]1C=CCCCCN(NC(=O)OC(C)(C)C)C(=O)N1C[C@H](ON=C3c4ccccc4-c4ccccc43)C[C@H]1C(=O)N2. The van der Waals surface area contributed by atoms with Crippen LogP contribution in [0.25, 0.3) is 11.1 Å². The van der Waals surface area contributed by atoms with E-state index in [-0.39, 0.29) is 32.0 Å². The first-order chi connectivity index (χ1) is 23.0. The quantitative estimate of drug-likeness (QED) is 0.226. The molecule has 0 spiro atoms. The molecule has 2 heterocycles. The Bertz CT molecular complexity index is 1600. The molecule has 2 aromatic rings. The Kier molecular flexibility index (Phi) is 9.18. The summed E-state index contributed by atoms with van der Waals surface area (Å²) in [6, 6.07) is 14.3. The summed E-state index contributed by atoms with van der Waals surface area (Å²) >= 11 is 0. The number of rotatable bonds is 5. The standard InChI is InChI=1S/C36H43N5O7/c1-5-46-32(43)36-21-23(36)14-8-6-7-13-19-41(38-33(44)47-35(2,3)4)34(45)40-22-24(20-29(40)31(42)37-36)48-39-30-27-17-11-9-15-25(27)26-16-10-12-18-28(26)30/h8-12,14-18,23-24,29H,5-7,13,19-22H2,1-4H3,(H,37,42)(H,38,44)/t23-,24-,29+,36-/m1/s1. The van der Waals surface area contributed by atoms with E-state index in [1.807, 2.05) is 60.7 Å². The number of nitrogens with one attached hydrogen (secondary N) is 2. The van der Waals surface area contributed by atoms with Crippen LogP contribution in [-0.2, 0) is 23.9 Å². The van der Waals surface area contributed by atoms with E-state index in [0.717, 1.165) is 28.7 Å². The summed E-state index contributed by atoms with van der Waals surface area (Å²) in [4.78, 5) is 61.7. The Morgan fingerprint density at radius 3 is 2.33 bits per heavy atom. The number of fused-ring (bicyclic) bond motifs is 5. The predicted octanol–water partition coefficient (Wildman–Crippen LogP) is 4.92. The molecule has 254 valence electrons. The molecule has 4 atom stereocenters. The lowest BCUT2D eigenvalue weighted by Crippen LogP contribution is -2.58. The van der Waals surface area contributed by atoms with Gasteiger partial charge in [-0.05, 0) is 64.5 Å². The third-order valence-electron chi connectivity index (χ3n) is 8.99. The summed E-state index contributed by atoms with van der Waals surface area (Å²) in [5.41, 5.74) is 5.25. The van der Waals surface area contributed by atoms with Crippen LogP contribution in [-0.4, -0.2) is 82.6 Å². The number of urea groups is 1. The molecular formula is C36H43N5O7. The molecule has 1 saturated carbocycles. The predicted molar refractivity (Wildman–Crippen MR) is 178 cm³/mol. The Hall–Kier alpha value is -4.87. The van der Waals surface area contributed by atoms with E-state index >= 15 is 0 Å². The van der Waals surface area contributed by atoms with Crippen molar-refractivity contribution >= 4 is 29.7 Å². The van der Waals surface area contributed by atoms with Gasteiger partial charge in [-0.2, -0.15) is 0 Å². The van der Waals surface area contributed by atoms with Gasteiger partial charge >= 0.3 is 18.1 Å². The number of ether oxygens (including phenoxy) is 2. The van der Waals surface area contributed by atoms with Crippen LogP contribution in [0.3, 0.4) is 0 Å². The molecule has 48 heavy (non-hydrogen) atoms. The molecule has 6 rings (SSSR count). The molecule has 2 fully saturated rings. The Labute approximate surface area is 280 Å². The van der Waals surface area contributed by atoms with E-state index in [1.54, 1.807) is 27.7 Å². The van der Waals surface area contributed by atoms with Gasteiger partial charge in [-0.1, -0.05) is 65.8 Å². The van der Waals surface area contributed by atoms with E-state index in [4.69, 9.17) is 14.3 Å². The molecule has 2 aliphatic heterocycles. The Morgan fingerprint density at radius 2 is 1.69 bits per heavy atom. The number of allylic oxidation sites excluding steroid dienone is 1. The zero-order valence-electron chi connectivity index (χ0n) is 27.9. The van der Waals surface area contributed by atoms with Crippen molar-refractivity contribution in [1.29, 1.82) is 0 Å². The van der Waals surface area contributed by atoms with Gasteiger partial charge < -0.3 is 24.5 Å². The summed E-state index contributed by atoms with van der Waals surface area (Å²) in [6.07, 6.45) is 5.06. The van der Waals surface area contributed by atoms with Gasteiger partial charge in [0.2, 0.25) is 5.91 Å². The van der Waals surface area contributed by atoms with Crippen molar-refractivity contribution in [2.24, 2.45) is 11.1 Å². The van der Waals surface area contributed by atoms with Crippen molar-refractivity contribution in [1.82, 2.24) is 20.7 Å². The van der Waals surface area contributed by atoms with E-state index in [1.165, 1.54) is 9.91 Å². The lowest BCUT2D eigenvalue weighted by Gasteiger charge is -2.32. The van der Waals surface area contributed by atoms with Gasteiger partial charge in [0, 0.05) is 30.0 Å². The van der Waals surface area contributed by atoms with E-state index in [2.05, 4.69) is 15.9 Å². The normalized spacial score (nSPS) is 25.1. The smallest absolute Gasteiger partial charge is 0.426 e. The van der Waals surface area contributed by atoms with Crippen molar-refractivity contribution in [2.75, 3.05) is 19.7 Å². The van der Waals surface area contributed by atoms with Crippen LogP contribution < -0.4 is 10.7 Å². The first-order valence-electron chi connectivity index (χ1n) is 16.7. The maximum Gasteiger partial charge on any atom is 0.426 e. The third-order valence-corrected chi connectivity index (χ3v) is 8.99. The highest BCUT2D eigenvalue weighted by Crippen LogP contribution is 2.46. The van der Waals surface area contributed by atoms with Crippen molar-refractivity contribution in [2.45, 2.75) is 83.1 Å². The summed E-state index contributed by atoms with van der Waals surface area (Å²) < 4.78 is 10.8. The second-order valence-electron chi connectivity index (χ2n) is 13.6. The lowest BCUT2D eigenvalue weighted by atomic mass is 10.1. The average Bonchev–Trinajstić information content (AvgIpc) is 3.41. The highest BCUT2D eigenvalue weighted by Gasteiger charge is 2.62. The number of esters is 1. The summed E-state index contributed by atoms with van der Waals surface area (Å²) in [5, 5.41) is 8.74. The topological polar surface area (TPSA) is 139 Å². The molecule has 2 aromatic carbocycles. The molecule has 12 nitrogen and oxygen atoms in total. The van der Waals surface area contributed by atoms with Crippen LogP contribution in [0.2, 0.25) is 0 Å². The van der Waals surface area contributed by atoms with Gasteiger partial charge in [-0.3, -0.25) is 4.79 Å². The summed E-state index contributed by atoms with van der Waals surface area (Å²) in [5.74, 6) is -1.21. The van der Waals surface area contributed by atoms with Crippen LogP contribution in [0, 0.1) is 5.92 Å². The summed E-state index contributed by atoms with van der Waals surface area (Å²) in [7, 11) is 0. The fraction of sp³-hybridized carbons (Fsp3) is 0.472. The van der Waals surface area contributed by atoms with Crippen molar-refractivity contribution in [3.8, 4) is 11.1 Å². The monoisotopic (exact) mass is 657 g/mol. The second-order valence-corrected chi connectivity index (χ2v) is 13.6. The van der Waals surface area contributed by atoms with Crippen molar-refractivity contribution < 1.29 is 33.5 Å². The number of nitrogens with zero attached hydrogens (tertiary/aromatic N) is 3. The zero-order valence-corrected chi connectivity index (χ0v) is 27.9. The van der Waals surface area contributed by atoms with Crippen LogP contribution in [0.5, 0.6) is 0 Å². The fourth-order valence-corrected chi connectivity index (χ4v) is 6.62. The average molecular weight is 658 g/mol. The molecule has 4 amide bonds. The first-order valence-corrected chi connectivity index (χ1v) is 16.7. The zero-order chi connectivity index (χ0) is 34.1. The largest absolute Gasteiger partial charge is 0.464 e. The van der Waals surface area contributed by atoms with Crippen LogP contribution >= 0.6 is 0 Å². The second kappa shape index (κ2) is 13.3. The highest BCUT2D eigenvalue weighted by molar-refractivity contribution is 6.24. The number of carbonyl (C=O) groups is 4. The van der Waals surface area contributed by atoms with Gasteiger partial charge in [0.1, 0.15) is 29.0 Å². The van der Waals surface area contributed by atoms with Crippen molar-refractivity contribution in [3.05, 3.63) is 71.8 Å². The van der Waals surface area contributed by atoms with Crippen LogP contribution in [0.4, 0.5) is 9.59 Å². The van der Waals surface area contributed by atoms with Crippen LogP contribution in [0.1, 0.15) is 70.9 Å². The van der Waals surface area contributed by atoms with Crippen LogP contribution in [0.15, 0.2) is 65.8 Å². The van der Waals surface area contributed by atoms with Gasteiger partial charge in [0.05, 0.1) is 13.2 Å². The maximum absolute atomic E-state index is 14.2. The molecule has 0 radical (unpaired) electrons. The van der Waals surface area contributed by atoms with E-state index in [9.17, 15) is 19.2 Å². The Morgan fingerprint density at radius 1 is 1.02 bits per heavy atom. The molecule has 0 bridgehead atoms.